The third kappa shape index (κ3) is 7.78. The first kappa shape index (κ1) is 27.2. The van der Waals surface area contributed by atoms with Gasteiger partial charge in [-0.3, -0.25) is 24.3 Å². The van der Waals surface area contributed by atoms with Gasteiger partial charge in [-0.15, -0.1) is 0 Å². The minimum Gasteiger partial charge on any atom is -0.480 e. The Kier molecular flexibility index (Phi) is 9.95. The summed E-state index contributed by atoms with van der Waals surface area (Å²) in [5, 5.41) is 21.4. The number of nitrogens with zero attached hydrogens (tertiary/aromatic N) is 2. The number of amides is 1. The maximum absolute atomic E-state index is 12.9. The lowest BCUT2D eigenvalue weighted by atomic mass is 10.1. The Morgan fingerprint density at radius 2 is 1.76 bits per heavy atom. The highest BCUT2D eigenvalue weighted by Gasteiger charge is 2.24. The van der Waals surface area contributed by atoms with Crippen LogP contribution in [0.3, 0.4) is 0 Å². The van der Waals surface area contributed by atoms with E-state index in [0.29, 0.717) is 10.6 Å². The van der Waals surface area contributed by atoms with Gasteiger partial charge in [0.15, 0.2) is 0 Å². The molecule has 0 bridgehead atoms. The predicted octanol–water partition coefficient (Wildman–Crippen LogP) is 5.21. The molecule has 1 amide bonds. The quantitative estimate of drug-likeness (QED) is 0.233. The summed E-state index contributed by atoms with van der Waals surface area (Å²) in [4.78, 5) is 36.3. The first-order valence-corrected chi connectivity index (χ1v) is 12.2. The average molecular weight is 511 g/mol. The largest absolute Gasteiger partial charge is 0.480 e. The summed E-state index contributed by atoms with van der Waals surface area (Å²) in [7, 11) is -3.50. The van der Waals surface area contributed by atoms with E-state index in [1.165, 1.54) is 54.4 Å². The molecule has 0 saturated heterocycles. The molecule has 0 spiro atoms. The minimum absolute atomic E-state index is 0.128. The van der Waals surface area contributed by atoms with Gasteiger partial charge in [-0.05, 0) is 55.8 Å². The highest BCUT2D eigenvalue weighted by atomic mass is 35.5. The van der Waals surface area contributed by atoms with Crippen LogP contribution in [0.5, 0.6) is 0 Å². The lowest BCUT2D eigenvalue weighted by Gasteiger charge is -2.21. The summed E-state index contributed by atoms with van der Waals surface area (Å²) in [5.74, 6) is -0.668. The molecule has 0 aliphatic carbocycles. The number of nitro groups is 1. The maximum Gasteiger partial charge on any atom is 0.354 e. The van der Waals surface area contributed by atoms with Gasteiger partial charge < -0.3 is 19.1 Å². The number of carboxylic acid groups (broad SMARTS) is 1. The first-order valence-electron chi connectivity index (χ1n) is 10.2. The Bertz CT molecular complexity index is 1110. The molecule has 0 saturated carbocycles. The van der Waals surface area contributed by atoms with Crippen molar-refractivity contribution < 1.29 is 33.2 Å². The van der Waals surface area contributed by atoms with Crippen LogP contribution in [-0.4, -0.2) is 46.6 Å². The number of benzene rings is 2. The van der Waals surface area contributed by atoms with Crippen LogP contribution in [0.1, 0.15) is 35.3 Å². The SMILES string of the molecule is CCOP(=O)(/C=C/c1ccc(CN(CC(=O)O)C(=O)c2ccc(Cl)cc2)c([N+](=O)[O-])c1)OCC. The maximum atomic E-state index is 12.9. The highest BCUT2D eigenvalue weighted by molar-refractivity contribution is 7.57. The van der Waals surface area contributed by atoms with Gasteiger partial charge >= 0.3 is 13.6 Å². The number of hydrogen-bond donors (Lipinski definition) is 1. The molecule has 2 rings (SSSR count). The van der Waals surface area contributed by atoms with Crippen molar-refractivity contribution in [3.05, 3.63) is 80.1 Å². The Morgan fingerprint density at radius 1 is 1.15 bits per heavy atom. The van der Waals surface area contributed by atoms with Crippen molar-refractivity contribution in [2.45, 2.75) is 20.4 Å². The molecule has 0 heterocycles. The van der Waals surface area contributed by atoms with Crippen molar-refractivity contribution in [2.24, 2.45) is 0 Å². The normalized spacial score (nSPS) is 11.5. The number of aliphatic carboxylic acids is 1. The van der Waals surface area contributed by atoms with E-state index in [2.05, 4.69) is 0 Å². The molecule has 1 N–H and O–H groups in total. The van der Waals surface area contributed by atoms with Crippen molar-refractivity contribution >= 4 is 42.8 Å². The average Bonchev–Trinajstić information content (AvgIpc) is 2.78. The monoisotopic (exact) mass is 510 g/mol. The summed E-state index contributed by atoms with van der Waals surface area (Å²) >= 11 is 5.84. The van der Waals surface area contributed by atoms with E-state index in [4.69, 9.17) is 20.6 Å². The molecule has 12 heteroatoms. The molecule has 0 fully saturated rings. The Labute approximate surface area is 201 Å². The summed E-state index contributed by atoms with van der Waals surface area (Å²) in [5.41, 5.74) is 0.340. The molecular weight excluding hydrogens is 487 g/mol. The van der Waals surface area contributed by atoms with Gasteiger partial charge in [0.1, 0.15) is 6.54 Å². The Balaban J connectivity index is 2.37. The van der Waals surface area contributed by atoms with Crippen molar-refractivity contribution in [3.63, 3.8) is 0 Å². The van der Waals surface area contributed by atoms with Crippen LogP contribution in [-0.2, 0) is 25.0 Å². The van der Waals surface area contributed by atoms with Gasteiger partial charge in [-0.2, -0.15) is 0 Å². The number of carbonyl (C=O) groups excluding carboxylic acids is 1. The first-order chi connectivity index (χ1) is 16.1. The predicted molar refractivity (Wildman–Crippen MR) is 127 cm³/mol. The second-order valence-electron chi connectivity index (χ2n) is 6.90. The number of nitro benzene ring substituents is 1. The van der Waals surface area contributed by atoms with Crippen LogP contribution in [0.4, 0.5) is 5.69 Å². The van der Waals surface area contributed by atoms with E-state index in [0.717, 1.165) is 4.90 Å². The fraction of sp³-hybridized carbons (Fsp3) is 0.273. The second kappa shape index (κ2) is 12.4. The molecule has 2 aromatic carbocycles. The number of hydrogen-bond acceptors (Lipinski definition) is 7. The lowest BCUT2D eigenvalue weighted by Crippen LogP contribution is -2.35. The summed E-state index contributed by atoms with van der Waals surface area (Å²) < 4.78 is 22.9. The van der Waals surface area contributed by atoms with Crippen molar-refractivity contribution in [3.8, 4) is 0 Å². The standard InChI is InChI=1S/C22H24ClN2O8P/c1-3-32-34(31,33-4-2)12-11-16-5-6-18(20(13-16)25(29)30)14-24(15-21(26)27)22(28)17-7-9-19(23)10-8-17/h5-13H,3-4,14-15H2,1-2H3,(H,26,27)/b12-11+. The molecule has 0 radical (unpaired) electrons. The molecule has 0 aliphatic heterocycles. The minimum atomic E-state index is -3.50. The van der Waals surface area contributed by atoms with Gasteiger partial charge in [0, 0.05) is 28.0 Å². The zero-order valence-corrected chi connectivity index (χ0v) is 20.2. The number of halogens is 1. The van der Waals surface area contributed by atoms with Gasteiger partial charge in [0.2, 0.25) is 0 Å². The molecule has 34 heavy (non-hydrogen) atoms. The van der Waals surface area contributed by atoms with Gasteiger partial charge in [0.25, 0.3) is 11.6 Å². The molecule has 2 aromatic rings. The van der Waals surface area contributed by atoms with Gasteiger partial charge in [-0.25, -0.2) is 0 Å². The van der Waals surface area contributed by atoms with Crippen LogP contribution in [0.15, 0.2) is 48.3 Å². The van der Waals surface area contributed by atoms with Gasteiger partial charge in [-0.1, -0.05) is 17.7 Å². The molecule has 0 unspecified atom stereocenters. The second-order valence-corrected chi connectivity index (χ2v) is 9.23. The summed E-state index contributed by atoms with van der Waals surface area (Å²) in [6, 6.07) is 10.0. The van der Waals surface area contributed by atoms with Crippen LogP contribution in [0.2, 0.25) is 5.02 Å². The zero-order chi connectivity index (χ0) is 25.3. The summed E-state index contributed by atoms with van der Waals surface area (Å²) in [6.07, 6.45) is 1.39. The fourth-order valence-electron chi connectivity index (χ4n) is 2.99. The van der Waals surface area contributed by atoms with Crippen LogP contribution < -0.4 is 0 Å². The fourth-order valence-corrected chi connectivity index (χ4v) is 4.44. The van der Waals surface area contributed by atoms with Crippen molar-refractivity contribution in [2.75, 3.05) is 19.8 Å². The van der Waals surface area contributed by atoms with E-state index in [-0.39, 0.29) is 36.6 Å². The van der Waals surface area contributed by atoms with E-state index in [1.54, 1.807) is 13.8 Å². The Hall–Kier alpha value is -3.04. The number of carbonyl (C=O) groups is 2. The highest BCUT2D eigenvalue weighted by Crippen LogP contribution is 2.50. The van der Waals surface area contributed by atoms with E-state index in [9.17, 15) is 29.4 Å². The van der Waals surface area contributed by atoms with Crippen LogP contribution in [0.25, 0.3) is 6.08 Å². The molecule has 0 aliphatic rings. The van der Waals surface area contributed by atoms with Crippen molar-refractivity contribution in [1.82, 2.24) is 4.90 Å². The van der Waals surface area contributed by atoms with Crippen molar-refractivity contribution in [1.29, 1.82) is 0 Å². The smallest absolute Gasteiger partial charge is 0.354 e. The zero-order valence-electron chi connectivity index (χ0n) is 18.5. The van der Waals surface area contributed by atoms with Gasteiger partial charge in [0.05, 0.1) is 24.7 Å². The molecule has 0 atom stereocenters. The molecule has 182 valence electrons. The molecule has 0 aromatic heterocycles. The number of carboxylic acids is 1. The Morgan fingerprint density at radius 3 is 2.29 bits per heavy atom. The van der Waals surface area contributed by atoms with E-state index < -0.39 is 30.9 Å². The lowest BCUT2D eigenvalue weighted by molar-refractivity contribution is -0.385. The molecule has 10 nitrogen and oxygen atoms in total. The topological polar surface area (TPSA) is 136 Å². The third-order valence-corrected chi connectivity index (χ3v) is 6.44. The van der Waals surface area contributed by atoms with E-state index in [1.807, 2.05) is 0 Å². The van der Waals surface area contributed by atoms with Crippen LogP contribution >= 0.6 is 19.2 Å². The van der Waals surface area contributed by atoms with E-state index >= 15 is 0 Å². The summed E-state index contributed by atoms with van der Waals surface area (Å²) in [6.45, 7) is 2.65. The van der Waals surface area contributed by atoms with Crippen LogP contribution in [0, 0.1) is 10.1 Å². The number of rotatable bonds is 12. The molecular formula is C22H24ClN2O8P. The third-order valence-electron chi connectivity index (χ3n) is 4.44.